The Morgan fingerprint density at radius 3 is 2.35 bits per heavy atom. The molecular formula is C36H53FN4O6S. The molecule has 266 valence electrons. The van der Waals surface area contributed by atoms with Crippen LogP contribution in [0.2, 0.25) is 0 Å². The van der Waals surface area contributed by atoms with Crippen molar-refractivity contribution in [3.8, 4) is 0 Å². The summed E-state index contributed by atoms with van der Waals surface area (Å²) >= 11 is 1.14. The van der Waals surface area contributed by atoms with Crippen molar-refractivity contribution in [3.05, 3.63) is 51.7 Å². The van der Waals surface area contributed by atoms with Crippen LogP contribution in [-0.2, 0) is 20.8 Å². The highest BCUT2D eigenvalue weighted by Crippen LogP contribution is 2.31. The molecule has 7 atom stereocenters. The molecule has 3 unspecified atom stereocenters. The Bertz CT molecular complexity index is 1380. The second-order valence-electron chi connectivity index (χ2n) is 13.9. The fraction of sp³-hybridized carbons (Fsp3) is 0.639. The van der Waals surface area contributed by atoms with Crippen LogP contribution in [0, 0.1) is 29.5 Å². The van der Waals surface area contributed by atoms with E-state index in [0.717, 1.165) is 42.7 Å². The number of amides is 2. The van der Waals surface area contributed by atoms with Gasteiger partial charge in [0.2, 0.25) is 5.91 Å². The fourth-order valence-corrected chi connectivity index (χ4v) is 7.34. The molecular weight excluding hydrogens is 635 g/mol. The van der Waals surface area contributed by atoms with Gasteiger partial charge in [0.05, 0.1) is 12.0 Å². The van der Waals surface area contributed by atoms with Gasteiger partial charge in [-0.05, 0) is 68.8 Å². The lowest BCUT2D eigenvalue weighted by atomic mass is 9.83. The van der Waals surface area contributed by atoms with E-state index >= 15 is 0 Å². The Labute approximate surface area is 288 Å². The van der Waals surface area contributed by atoms with E-state index in [2.05, 4.69) is 15.2 Å². The Morgan fingerprint density at radius 1 is 1.12 bits per heavy atom. The minimum Gasteiger partial charge on any atom is -0.481 e. The maximum atomic E-state index is 14.0. The predicted octanol–water partition coefficient (Wildman–Crippen LogP) is 5.36. The van der Waals surface area contributed by atoms with Crippen molar-refractivity contribution in [2.45, 2.75) is 104 Å². The molecule has 2 aromatic rings. The molecule has 1 aromatic carbocycles. The zero-order valence-electron chi connectivity index (χ0n) is 29.3. The summed E-state index contributed by atoms with van der Waals surface area (Å²) in [7, 11) is 3.69. The van der Waals surface area contributed by atoms with E-state index in [0.29, 0.717) is 11.4 Å². The topological polar surface area (TPSA) is 140 Å². The number of likely N-dealkylation sites (N-methyl/N-ethyl adjacent to an activating group) is 1. The molecule has 48 heavy (non-hydrogen) atoms. The molecule has 0 aliphatic carbocycles. The Hall–Kier alpha value is -3.22. The number of Topliss-reactive ketones (excluding diaryl/α,β-unsaturated/α-hetero) is 1. The van der Waals surface area contributed by atoms with Crippen LogP contribution in [-0.4, -0.2) is 87.3 Å². The number of likely N-dealkylation sites (tertiary alicyclic amines) is 1. The second-order valence-corrected chi connectivity index (χ2v) is 14.7. The number of aromatic nitrogens is 1. The third-order valence-electron chi connectivity index (χ3n) is 9.87. The molecule has 3 N–H and O–H groups in total. The number of halogens is 1. The lowest BCUT2D eigenvalue weighted by Crippen LogP contribution is -2.47. The number of aliphatic carboxylic acids is 1. The van der Waals surface area contributed by atoms with Gasteiger partial charge in [-0.15, -0.1) is 11.3 Å². The Morgan fingerprint density at radius 2 is 1.79 bits per heavy atom. The van der Waals surface area contributed by atoms with Crippen LogP contribution in [0.3, 0.4) is 0 Å². The van der Waals surface area contributed by atoms with Crippen LogP contribution in [0.25, 0.3) is 0 Å². The molecule has 1 aliphatic heterocycles. The zero-order chi connectivity index (χ0) is 35.7. The molecule has 12 heteroatoms. The predicted molar refractivity (Wildman–Crippen MR) is 184 cm³/mol. The lowest BCUT2D eigenvalue weighted by Gasteiger charge is -2.36. The minimum absolute atomic E-state index is 0.00553. The van der Waals surface area contributed by atoms with E-state index in [1.54, 1.807) is 36.4 Å². The Kier molecular flexibility index (Phi) is 14.7. The number of thiazole rings is 1. The summed E-state index contributed by atoms with van der Waals surface area (Å²) in [5.74, 6) is -3.05. The first-order valence-electron chi connectivity index (χ1n) is 17.0. The smallest absolute Gasteiger partial charge is 0.306 e. The summed E-state index contributed by atoms with van der Waals surface area (Å²) in [6, 6.07) is 4.79. The summed E-state index contributed by atoms with van der Waals surface area (Å²) in [6.07, 6.45) is 2.37. The number of ketones is 1. The highest BCUT2D eigenvalue weighted by Gasteiger charge is 2.37. The molecule has 0 bridgehead atoms. The largest absolute Gasteiger partial charge is 0.481 e. The van der Waals surface area contributed by atoms with Crippen LogP contribution >= 0.6 is 11.3 Å². The van der Waals surface area contributed by atoms with Crippen LogP contribution < -0.4 is 5.32 Å². The van der Waals surface area contributed by atoms with Crippen LogP contribution in [0.15, 0.2) is 29.6 Å². The van der Waals surface area contributed by atoms with Crippen molar-refractivity contribution < 1.29 is 33.8 Å². The van der Waals surface area contributed by atoms with Crippen molar-refractivity contribution in [3.63, 3.8) is 0 Å². The van der Waals surface area contributed by atoms with Crippen LogP contribution in [0.1, 0.15) is 100 Å². The van der Waals surface area contributed by atoms with Crippen molar-refractivity contribution in [2.75, 3.05) is 20.6 Å². The first-order chi connectivity index (χ1) is 22.6. The zero-order valence-corrected chi connectivity index (χ0v) is 30.1. The number of nitrogens with one attached hydrogen (secondary N) is 1. The SMILES string of the molecule is CCC(C)[C@H](CC(=O)C1CCCN1C)C(=O)N(C)C(C[C@@H](O)c1nc(C(=O)N[C@@H](Cc2ccc(F)cc2)C[C@H](C)C(=O)O)cs1)C(C)C. The van der Waals surface area contributed by atoms with E-state index < -0.39 is 35.9 Å². The number of carbonyl (C=O) groups excluding carboxylic acids is 3. The van der Waals surface area contributed by atoms with Crippen molar-refractivity contribution in [1.29, 1.82) is 0 Å². The first-order valence-corrected chi connectivity index (χ1v) is 17.9. The monoisotopic (exact) mass is 688 g/mol. The van der Waals surface area contributed by atoms with Gasteiger partial charge in [0, 0.05) is 43.3 Å². The number of nitrogens with zero attached hydrogens (tertiary/aromatic N) is 3. The van der Waals surface area contributed by atoms with E-state index in [1.165, 1.54) is 12.1 Å². The summed E-state index contributed by atoms with van der Waals surface area (Å²) < 4.78 is 13.4. The number of aliphatic hydroxyl groups excluding tert-OH is 1. The van der Waals surface area contributed by atoms with E-state index in [-0.39, 0.29) is 66.4 Å². The number of carboxylic acids is 1. The summed E-state index contributed by atoms with van der Waals surface area (Å²) in [5.41, 5.74) is 0.844. The average molecular weight is 689 g/mol. The molecule has 1 fully saturated rings. The maximum absolute atomic E-state index is 14.0. The summed E-state index contributed by atoms with van der Waals surface area (Å²) in [4.78, 5) is 60.2. The van der Waals surface area contributed by atoms with Gasteiger partial charge < -0.3 is 20.4 Å². The van der Waals surface area contributed by atoms with Crippen LogP contribution in [0.5, 0.6) is 0 Å². The molecule has 1 saturated heterocycles. The molecule has 1 aliphatic rings. The van der Waals surface area contributed by atoms with E-state index in [4.69, 9.17) is 0 Å². The summed E-state index contributed by atoms with van der Waals surface area (Å²) in [5, 5.41) is 25.5. The van der Waals surface area contributed by atoms with E-state index in [9.17, 15) is 33.8 Å². The number of aliphatic hydroxyl groups is 1. The van der Waals surface area contributed by atoms with Gasteiger partial charge in [0.15, 0.2) is 5.78 Å². The van der Waals surface area contributed by atoms with Crippen molar-refractivity contribution >= 4 is 34.9 Å². The fourth-order valence-electron chi connectivity index (χ4n) is 6.55. The molecule has 0 radical (unpaired) electrons. The highest BCUT2D eigenvalue weighted by molar-refractivity contribution is 7.09. The number of carbonyl (C=O) groups is 4. The average Bonchev–Trinajstić information content (AvgIpc) is 3.72. The Balaban J connectivity index is 1.71. The van der Waals surface area contributed by atoms with Gasteiger partial charge in [-0.1, -0.05) is 53.2 Å². The highest BCUT2D eigenvalue weighted by atomic mass is 32.1. The molecule has 1 aromatic heterocycles. The summed E-state index contributed by atoms with van der Waals surface area (Å²) in [6.45, 7) is 10.4. The maximum Gasteiger partial charge on any atom is 0.306 e. The number of hydrogen-bond donors (Lipinski definition) is 3. The minimum atomic E-state index is -1.04. The quantitative estimate of drug-likeness (QED) is 0.190. The normalized spacial score (nSPS) is 18.9. The molecule has 2 amide bonds. The number of benzene rings is 1. The van der Waals surface area contributed by atoms with Gasteiger partial charge in [-0.2, -0.15) is 0 Å². The number of rotatable bonds is 18. The van der Waals surface area contributed by atoms with Gasteiger partial charge in [-0.25, -0.2) is 9.37 Å². The van der Waals surface area contributed by atoms with Gasteiger partial charge in [-0.3, -0.25) is 24.1 Å². The molecule has 3 rings (SSSR count). The van der Waals surface area contributed by atoms with Crippen molar-refractivity contribution in [2.24, 2.45) is 23.7 Å². The third kappa shape index (κ3) is 10.6. The number of hydrogen-bond acceptors (Lipinski definition) is 8. The molecule has 10 nitrogen and oxygen atoms in total. The van der Waals surface area contributed by atoms with Gasteiger partial charge in [0.25, 0.3) is 5.91 Å². The lowest BCUT2D eigenvalue weighted by molar-refractivity contribution is -0.142. The van der Waals surface area contributed by atoms with Gasteiger partial charge >= 0.3 is 5.97 Å². The van der Waals surface area contributed by atoms with Gasteiger partial charge in [0.1, 0.15) is 22.6 Å². The molecule has 0 saturated carbocycles. The first kappa shape index (κ1) is 39.2. The molecule has 2 heterocycles. The van der Waals surface area contributed by atoms with Crippen molar-refractivity contribution in [1.82, 2.24) is 20.1 Å². The second kappa shape index (κ2) is 18.0. The standard InChI is InChI=1S/C36H53FN4O6S/c1-8-22(4)27(18-31(42)29-10-9-15-40(29)6)35(45)41(7)30(21(2)3)19-32(43)34-39-28(20-48-34)33(44)38-26(16-23(5)36(46)47)17-24-11-13-25(37)14-12-24/h11-14,20-23,26-27,29-30,32,43H,8-10,15-19H2,1-7H3,(H,38,44)(H,46,47)/t22?,23-,26+,27-,29?,30?,32+/m0/s1. The number of carboxylic acid groups (broad SMARTS) is 1. The third-order valence-corrected chi connectivity index (χ3v) is 10.8. The van der Waals surface area contributed by atoms with E-state index in [1.807, 2.05) is 34.7 Å². The molecule has 0 spiro atoms. The van der Waals surface area contributed by atoms with Crippen LogP contribution in [0.4, 0.5) is 4.39 Å².